The van der Waals surface area contributed by atoms with Gasteiger partial charge in [-0.2, -0.15) is 0 Å². The maximum absolute atomic E-state index is 3.56. The second-order valence-electron chi connectivity index (χ2n) is 18.1. The zero-order chi connectivity index (χ0) is 46.4. The molecule has 70 heavy (non-hydrogen) atoms. The molecule has 13 rings (SSSR count). The topological polar surface area (TPSA) is 15.3 Å². The summed E-state index contributed by atoms with van der Waals surface area (Å²) in [6, 6.07) is 99.4. The van der Waals surface area contributed by atoms with Crippen LogP contribution in [0.15, 0.2) is 273 Å². The van der Waals surface area contributed by atoms with Gasteiger partial charge in [0, 0.05) is 28.4 Å². The number of para-hydroxylation sites is 2. The second-order valence-corrected chi connectivity index (χ2v) is 18.1. The molecule has 0 atom stereocenters. The minimum absolute atomic E-state index is 1.06. The molecule has 0 aliphatic carbocycles. The van der Waals surface area contributed by atoms with Gasteiger partial charge in [-0.25, -0.2) is 0 Å². The van der Waals surface area contributed by atoms with Crippen LogP contribution in [0.1, 0.15) is 0 Å². The summed E-state index contributed by atoms with van der Waals surface area (Å²) in [5.74, 6) is 0. The van der Waals surface area contributed by atoms with Crippen LogP contribution in [0.25, 0.3) is 98.4 Å². The van der Waals surface area contributed by atoms with E-state index in [4.69, 9.17) is 0 Å². The molecule has 0 aliphatic rings. The Morgan fingerprint density at radius 3 is 1.06 bits per heavy atom. The molecule has 2 heteroatoms. The molecule has 0 aromatic heterocycles. The van der Waals surface area contributed by atoms with Crippen molar-refractivity contribution >= 4 is 82.3 Å². The molecule has 0 aliphatic heterocycles. The summed E-state index contributed by atoms with van der Waals surface area (Å²) in [6.07, 6.45) is 0. The van der Waals surface area contributed by atoms with Gasteiger partial charge in [0.25, 0.3) is 0 Å². The Morgan fingerprint density at radius 1 is 0.214 bits per heavy atom. The normalized spacial score (nSPS) is 11.4. The number of benzene rings is 13. The molecule has 0 radical (unpaired) electrons. The van der Waals surface area contributed by atoms with Crippen molar-refractivity contribution in [2.45, 2.75) is 0 Å². The van der Waals surface area contributed by atoms with E-state index in [0.29, 0.717) is 0 Å². The highest BCUT2D eigenvalue weighted by Crippen LogP contribution is 2.48. The molecule has 0 heterocycles. The van der Waals surface area contributed by atoms with Crippen LogP contribution in [0.3, 0.4) is 0 Å². The third-order valence-electron chi connectivity index (χ3n) is 14.0. The number of anilines is 5. The minimum atomic E-state index is 1.06. The van der Waals surface area contributed by atoms with Gasteiger partial charge in [-0.05, 0) is 165 Å². The van der Waals surface area contributed by atoms with Gasteiger partial charge in [0.15, 0.2) is 0 Å². The fraction of sp³-hybridized carbons (Fsp3) is 0. The van der Waals surface area contributed by atoms with E-state index in [1.807, 2.05) is 6.07 Å². The van der Waals surface area contributed by atoms with Crippen LogP contribution in [0.5, 0.6) is 0 Å². The maximum atomic E-state index is 3.56. The van der Waals surface area contributed by atoms with Gasteiger partial charge in [0.1, 0.15) is 0 Å². The SMILES string of the molecule is c1ccc(Nc2ccc(-c3c4ccccc4c(-c4cccc(-c5c6ccccc6c(-c6ccc(N(c7ccccc7)c7ccc8ccccc8c7)cc6)c6ccccc56)c4)c4ccccc34)cc2)cc1. The molecule has 2 nitrogen and oxygen atoms in total. The van der Waals surface area contributed by atoms with E-state index in [9.17, 15) is 0 Å². The third-order valence-corrected chi connectivity index (χ3v) is 14.0. The molecule has 0 unspecified atom stereocenters. The molecule has 0 saturated carbocycles. The second kappa shape index (κ2) is 17.4. The van der Waals surface area contributed by atoms with Crippen molar-refractivity contribution in [2.24, 2.45) is 0 Å². The van der Waals surface area contributed by atoms with Crippen LogP contribution in [0.4, 0.5) is 28.4 Å². The van der Waals surface area contributed by atoms with Gasteiger partial charge in [0.05, 0.1) is 0 Å². The van der Waals surface area contributed by atoms with Crippen LogP contribution >= 0.6 is 0 Å². The van der Waals surface area contributed by atoms with Crippen molar-refractivity contribution in [3.8, 4) is 44.5 Å². The maximum Gasteiger partial charge on any atom is 0.0468 e. The fourth-order valence-electron chi connectivity index (χ4n) is 10.9. The summed E-state index contributed by atoms with van der Waals surface area (Å²) in [5.41, 5.74) is 15.2. The number of hydrogen-bond donors (Lipinski definition) is 1. The molecule has 0 amide bonds. The average Bonchev–Trinajstić information content (AvgIpc) is 3.43. The quantitative estimate of drug-likeness (QED) is 0.145. The van der Waals surface area contributed by atoms with E-state index in [2.05, 4.69) is 277 Å². The summed E-state index contributed by atoms with van der Waals surface area (Å²) in [5, 5.41) is 15.9. The van der Waals surface area contributed by atoms with Gasteiger partial charge in [0.2, 0.25) is 0 Å². The molecular weight excluding hydrogens is 845 g/mol. The first-order valence-corrected chi connectivity index (χ1v) is 24.1. The number of fused-ring (bicyclic) bond motifs is 5. The summed E-state index contributed by atoms with van der Waals surface area (Å²) in [6.45, 7) is 0. The van der Waals surface area contributed by atoms with E-state index in [-0.39, 0.29) is 0 Å². The molecular formula is C68H46N2. The highest BCUT2D eigenvalue weighted by molar-refractivity contribution is 6.23. The van der Waals surface area contributed by atoms with Crippen molar-refractivity contribution in [2.75, 3.05) is 10.2 Å². The van der Waals surface area contributed by atoms with Gasteiger partial charge < -0.3 is 10.2 Å². The van der Waals surface area contributed by atoms with Crippen molar-refractivity contribution in [1.82, 2.24) is 0 Å². The third kappa shape index (κ3) is 7.22. The summed E-state index contributed by atoms with van der Waals surface area (Å²) < 4.78 is 0. The van der Waals surface area contributed by atoms with Crippen molar-refractivity contribution in [1.29, 1.82) is 0 Å². The lowest BCUT2D eigenvalue weighted by Gasteiger charge is -2.26. The lowest BCUT2D eigenvalue weighted by atomic mass is 9.83. The van der Waals surface area contributed by atoms with Gasteiger partial charge in [-0.3, -0.25) is 0 Å². The summed E-state index contributed by atoms with van der Waals surface area (Å²) in [4.78, 5) is 2.35. The standard InChI is InChI=1S/C68H46N2/c1-3-22-52(23-4-1)69-53-39-34-47(35-40-53)65-57-26-9-13-30-61(57)67(62-31-14-10-27-58(62)65)50-20-17-21-51(44-50)68-63-32-15-11-28-59(63)66(60-29-12-16-33-64(60)68)48-37-41-55(42-38-48)70(54-24-5-2-6-25-54)56-43-36-46-18-7-8-19-49(46)45-56/h1-45,69H. The monoisotopic (exact) mass is 890 g/mol. The number of nitrogens with zero attached hydrogens (tertiary/aromatic N) is 1. The van der Waals surface area contributed by atoms with Gasteiger partial charge >= 0.3 is 0 Å². The van der Waals surface area contributed by atoms with Gasteiger partial charge in [-0.1, -0.05) is 206 Å². The van der Waals surface area contributed by atoms with Crippen molar-refractivity contribution in [3.63, 3.8) is 0 Å². The molecule has 0 saturated heterocycles. The largest absolute Gasteiger partial charge is 0.356 e. The molecule has 0 spiro atoms. The predicted octanol–water partition coefficient (Wildman–Crippen LogP) is 19.3. The number of hydrogen-bond acceptors (Lipinski definition) is 2. The Balaban J connectivity index is 0.933. The first-order chi connectivity index (χ1) is 34.7. The molecule has 1 N–H and O–H groups in total. The van der Waals surface area contributed by atoms with Crippen LogP contribution in [0.2, 0.25) is 0 Å². The van der Waals surface area contributed by atoms with Crippen LogP contribution < -0.4 is 10.2 Å². The Kier molecular flexibility index (Phi) is 10.2. The van der Waals surface area contributed by atoms with Crippen LogP contribution in [0, 0.1) is 0 Å². The van der Waals surface area contributed by atoms with Crippen LogP contribution in [-0.4, -0.2) is 0 Å². The zero-order valence-corrected chi connectivity index (χ0v) is 38.4. The predicted molar refractivity (Wildman–Crippen MR) is 300 cm³/mol. The van der Waals surface area contributed by atoms with Crippen LogP contribution in [-0.2, 0) is 0 Å². The van der Waals surface area contributed by atoms with E-state index >= 15 is 0 Å². The Morgan fingerprint density at radius 2 is 0.571 bits per heavy atom. The molecule has 0 fully saturated rings. The summed E-state index contributed by atoms with van der Waals surface area (Å²) >= 11 is 0. The molecule has 13 aromatic carbocycles. The van der Waals surface area contributed by atoms with E-state index < -0.39 is 0 Å². The number of nitrogens with one attached hydrogen (secondary N) is 1. The van der Waals surface area contributed by atoms with E-state index in [0.717, 1.165) is 28.4 Å². The average molecular weight is 891 g/mol. The minimum Gasteiger partial charge on any atom is -0.356 e. The van der Waals surface area contributed by atoms with Gasteiger partial charge in [-0.15, -0.1) is 0 Å². The lowest BCUT2D eigenvalue weighted by molar-refractivity contribution is 1.29. The Labute approximate surface area is 408 Å². The highest BCUT2D eigenvalue weighted by atomic mass is 15.1. The Bertz CT molecular complexity index is 3950. The molecule has 13 aromatic rings. The summed E-state index contributed by atoms with van der Waals surface area (Å²) in [7, 11) is 0. The first kappa shape index (κ1) is 41.0. The lowest BCUT2D eigenvalue weighted by Crippen LogP contribution is -2.09. The van der Waals surface area contributed by atoms with E-state index in [1.54, 1.807) is 0 Å². The highest BCUT2D eigenvalue weighted by Gasteiger charge is 2.21. The molecule has 328 valence electrons. The Hall–Kier alpha value is -9.24. The van der Waals surface area contributed by atoms with Crippen molar-refractivity contribution in [3.05, 3.63) is 273 Å². The first-order valence-electron chi connectivity index (χ1n) is 24.1. The number of rotatable bonds is 9. The molecule has 0 bridgehead atoms. The fourth-order valence-corrected chi connectivity index (χ4v) is 10.9. The van der Waals surface area contributed by atoms with Crippen molar-refractivity contribution < 1.29 is 0 Å². The smallest absolute Gasteiger partial charge is 0.0468 e. The zero-order valence-electron chi connectivity index (χ0n) is 38.4. The van der Waals surface area contributed by atoms with E-state index in [1.165, 1.54) is 98.4 Å².